The minimum atomic E-state index is -0.397. The van der Waals surface area contributed by atoms with E-state index in [1.54, 1.807) is 18.2 Å². The highest BCUT2D eigenvalue weighted by atomic mass is 19.1. The van der Waals surface area contributed by atoms with Gasteiger partial charge in [0.1, 0.15) is 5.82 Å². The van der Waals surface area contributed by atoms with Crippen molar-refractivity contribution in [1.82, 2.24) is 4.57 Å². The Kier molecular flexibility index (Phi) is 2.71. The summed E-state index contributed by atoms with van der Waals surface area (Å²) in [5, 5.41) is 0.796. The summed E-state index contributed by atoms with van der Waals surface area (Å²) < 4.78 is 28.8. The maximum Gasteiger partial charge on any atom is 0.151 e. The van der Waals surface area contributed by atoms with Crippen LogP contribution in [0.4, 0.5) is 14.5 Å². The van der Waals surface area contributed by atoms with E-state index >= 15 is 0 Å². The molecule has 0 fully saturated rings. The molecule has 0 radical (unpaired) electrons. The second-order valence-corrected chi connectivity index (χ2v) is 4.47. The maximum atomic E-state index is 13.9. The predicted octanol–water partition coefficient (Wildman–Crippen LogP) is 3.55. The van der Waals surface area contributed by atoms with Crippen molar-refractivity contribution < 1.29 is 8.78 Å². The number of nitrogen functional groups attached to an aromatic ring is 1. The average molecular weight is 258 g/mol. The highest BCUT2D eigenvalue weighted by molar-refractivity contribution is 5.80. The maximum absolute atomic E-state index is 13.9. The van der Waals surface area contributed by atoms with Crippen molar-refractivity contribution in [3.8, 4) is 0 Å². The quantitative estimate of drug-likeness (QED) is 0.700. The van der Waals surface area contributed by atoms with Gasteiger partial charge in [-0.05, 0) is 30.3 Å². The molecule has 0 amide bonds. The summed E-state index contributed by atoms with van der Waals surface area (Å²) in [6.45, 7) is 0.367. The summed E-state index contributed by atoms with van der Waals surface area (Å²) in [5.41, 5.74) is 7.07. The summed E-state index contributed by atoms with van der Waals surface area (Å²) in [7, 11) is 0. The van der Waals surface area contributed by atoms with Gasteiger partial charge in [0.05, 0.1) is 12.2 Å². The molecule has 1 heterocycles. The van der Waals surface area contributed by atoms with Crippen molar-refractivity contribution in [3.63, 3.8) is 0 Å². The zero-order chi connectivity index (χ0) is 13.4. The molecule has 0 saturated heterocycles. The smallest absolute Gasteiger partial charge is 0.151 e. The Morgan fingerprint density at radius 3 is 2.74 bits per heavy atom. The van der Waals surface area contributed by atoms with E-state index in [0.717, 1.165) is 10.9 Å². The minimum Gasteiger partial charge on any atom is -0.396 e. The number of nitrogens with two attached hydrogens (primary N) is 1. The van der Waals surface area contributed by atoms with Gasteiger partial charge in [-0.15, -0.1) is 0 Å². The van der Waals surface area contributed by atoms with Crippen LogP contribution in [-0.4, -0.2) is 4.57 Å². The largest absolute Gasteiger partial charge is 0.396 e. The topological polar surface area (TPSA) is 30.9 Å². The highest BCUT2D eigenvalue weighted by Crippen LogP contribution is 2.21. The first-order valence-corrected chi connectivity index (χ1v) is 5.92. The monoisotopic (exact) mass is 258 g/mol. The van der Waals surface area contributed by atoms with Gasteiger partial charge in [-0.25, -0.2) is 8.78 Å². The van der Waals surface area contributed by atoms with E-state index in [-0.39, 0.29) is 11.5 Å². The number of halogens is 2. The van der Waals surface area contributed by atoms with Crippen LogP contribution in [0.15, 0.2) is 48.7 Å². The molecule has 2 nitrogen and oxygen atoms in total. The van der Waals surface area contributed by atoms with Crippen LogP contribution >= 0.6 is 0 Å². The number of benzene rings is 2. The number of nitrogens with zero attached hydrogens (tertiary/aromatic N) is 1. The molecule has 2 aromatic carbocycles. The third kappa shape index (κ3) is 2.05. The summed E-state index contributed by atoms with van der Waals surface area (Å²) >= 11 is 0. The Hall–Kier alpha value is -2.36. The highest BCUT2D eigenvalue weighted by Gasteiger charge is 2.08. The number of rotatable bonds is 2. The van der Waals surface area contributed by atoms with Crippen molar-refractivity contribution >= 4 is 16.6 Å². The second kappa shape index (κ2) is 4.39. The first kappa shape index (κ1) is 11.7. The van der Waals surface area contributed by atoms with Gasteiger partial charge in [0.25, 0.3) is 0 Å². The SMILES string of the molecule is Nc1cccc(Cn2ccc3cc(F)ccc32)c1F. The predicted molar refractivity (Wildman–Crippen MR) is 71.8 cm³/mol. The number of fused-ring (bicyclic) bond motifs is 1. The molecule has 2 N–H and O–H groups in total. The molecule has 96 valence electrons. The van der Waals surface area contributed by atoms with Crippen LogP contribution in [0, 0.1) is 11.6 Å². The number of anilines is 1. The van der Waals surface area contributed by atoms with E-state index in [2.05, 4.69) is 0 Å². The van der Waals surface area contributed by atoms with Crippen molar-refractivity contribution in [2.45, 2.75) is 6.54 Å². The molecule has 0 saturated carbocycles. The van der Waals surface area contributed by atoms with Crippen LogP contribution in [0.3, 0.4) is 0 Å². The van der Waals surface area contributed by atoms with E-state index in [1.165, 1.54) is 18.2 Å². The number of hydrogen-bond acceptors (Lipinski definition) is 1. The molecular weight excluding hydrogens is 246 g/mol. The Bertz CT molecular complexity index is 747. The lowest BCUT2D eigenvalue weighted by molar-refractivity contribution is 0.606. The summed E-state index contributed by atoms with van der Waals surface area (Å²) in [6, 6.07) is 11.3. The molecule has 4 heteroatoms. The molecule has 0 spiro atoms. The minimum absolute atomic E-state index is 0.139. The molecule has 3 aromatic rings. The lowest BCUT2D eigenvalue weighted by atomic mass is 10.2. The molecule has 0 bridgehead atoms. The Morgan fingerprint density at radius 1 is 1.05 bits per heavy atom. The van der Waals surface area contributed by atoms with E-state index in [9.17, 15) is 8.78 Å². The van der Waals surface area contributed by atoms with Gasteiger partial charge in [0, 0.05) is 22.7 Å². The first-order valence-electron chi connectivity index (χ1n) is 5.92. The van der Waals surface area contributed by atoms with Crippen molar-refractivity contribution in [2.75, 3.05) is 5.73 Å². The standard InChI is InChI=1S/C15H12F2N2/c16-12-4-5-14-10(8-12)6-7-19(14)9-11-2-1-3-13(18)15(11)17/h1-8H,9,18H2. The lowest BCUT2D eigenvalue weighted by Gasteiger charge is -2.08. The van der Waals surface area contributed by atoms with Gasteiger partial charge in [-0.1, -0.05) is 12.1 Å². The van der Waals surface area contributed by atoms with Crippen LogP contribution in [0.5, 0.6) is 0 Å². The summed E-state index contributed by atoms with van der Waals surface area (Å²) in [4.78, 5) is 0. The second-order valence-electron chi connectivity index (χ2n) is 4.47. The van der Waals surface area contributed by atoms with Gasteiger partial charge >= 0.3 is 0 Å². The van der Waals surface area contributed by atoms with Crippen LogP contribution in [0.1, 0.15) is 5.56 Å². The third-order valence-electron chi connectivity index (χ3n) is 3.18. The molecule has 0 atom stereocenters. The Balaban J connectivity index is 2.04. The molecule has 0 aliphatic rings. The molecule has 3 rings (SSSR count). The van der Waals surface area contributed by atoms with Crippen molar-refractivity contribution in [1.29, 1.82) is 0 Å². The van der Waals surface area contributed by atoms with E-state index in [1.807, 2.05) is 16.8 Å². The third-order valence-corrected chi connectivity index (χ3v) is 3.18. The Morgan fingerprint density at radius 2 is 1.89 bits per heavy atom. The van der Waals surface area contributed by atoms with Crippen LogP contribution in [0.25, 0.3) is 10.9 Å². The van der Waals surface area contributed by atoms with Gasteiger partial charge in [0.15, 0.2) is 5.82 Å². The van der Waals surface area contributed by atoms with Gasteiger partial charge in [0.2, 0.25) is 0 Å². The van der Waals surface area contributed by atoms with Crippen LogP contribution in [0.2, 0.25) is 0 Å². The van der Waals surface area contributed by atoms with Crippen molar-refractivity contribution in [3.05, 3.63) is 65.9 Å². The molecule has 19 heavy (non-hydrogen) atoms. The molecule has 0 unspecified atom stereocenters. The number of aromatic nitrogens is 1. The molecular formula is C15H12F2N2. The van der Waals surface area contributed by atoms with Crippen molar-refractivity contribution in [2.24, 2.45) is 0 Å². The van der Waals surface area contributed by atoms with Gasteiger partial charge in [-0.3, -0.25) is 0 Å². The van der Waals surface area contributed by atoms with E-state index in [0.29, 0.717) is 12.1 Å². The fourth-order valence-corrected chi connectivity index (χ4v) is 2.21. The van der Waals surface area contributed by atoms with Crippen LogP contribution in [-0.2, 0) is 6.54 Å². The van der Waals surface area contributed by atoms with Crippen LogP contribution < -0.4 is 5.73 Å². The normalized spacial score (nSPS) is 11.1. The van der Waals surface area contributed by atoms with E-state index in [4.69, 9.17) is 5.73 Å². The molecule has 0 aliphatic carbocycles. The van der Waals surface area contributed by atoms with E-state index < -0.39 is 5.82 Å². The average Bonchev–Trinajstić information content (AvgIpc) is 2.77. The summed E-state index contributed by atoms with van der Waals surface area (Å²) in [5.74, 6) is -0.674. The Labute approximate surface area is 109 Å². The first-order chi connectivity index (χ1) is 9.15. The zero-order valence-electron chi connectivity index (χ0n) is 10.1. The van der Waals surface area contributed by atoms with Gasteiger partial charge < -0.3 is 10.3 Å². The molecule has 1 aromatic heterocycles. The number of hydrogen-bond donors (Lipinski definition) is 1. The van der Waals surface area contributed by atoms with Gasteiger partial charge in [-0.2, -0.15) is 0 Å². The summed E-state index contributed by atoms with van der Waals surface area (Å²) in [6.07, 6.45) is 1.81. The fraction of sp³-hybridized carbons (Fsp3) is 0.0667. The zero-order valence-corrected chi connectivity index (χ0v) is 10.1. The lowest BCUT2D eigenvalue weighted by Crippen LogP contribution is -2.02. The fourth-order valence-electron chi connectivity index (χ4n) is 2.21. The molecule has 0 aliphatic heterocycles.